The Labute approximate surface area is 131 Å². The van der Waals surface area contributed by atoms with Crippen LogP contribution in [0.5, 0.6) is 0 Å². The number of nitrogens with one attached hydrogen (secondary N) is 1. The number of rotatable bonds is 3. The lowest BCUT2D eigenvalue weighted by atomic mass is 10.1. The van der Waals surface area contributed by atoms with E-state index in [1.54, 1.807) is 36.4 Å². The van der Waals surface area contributed by atoms with Gasteiger partial charge in [-0.25, -0.2) is 0 Å². The van der Waals surface area contributed by atoms with Gasteiger partial charge in [-0.05, 0) is 30.3 Å². The van der Waals surface area contributed by atoms with Crippen molar-refractivity contribution in [2.75, 3.05) is 5.32 Å². The van der Waals surface area contributed by atoms with E-state index in [0.717, 1.165) is 0 Å². The number of anilines is 1. The Bertz CT molecular complexity index is 689. The van der Waals surface area contributed by atoms with Gasteiger partial charge in [0, 0.05) is 16.8 Å². The van der Waals surface area contributed by atoms with Crippen molar-refractivity contribution in [3.8, 4) is 0 Å². The number of carbonyl (C=O) groups is 1. The van der Waals surface area contributed by atoms with E-state index < -0.39 is 0 Å². The Kier molecular flexibility index (Phi) is 4.60. The first kappa shape index (κ1) is 14.8. The van der Waals surface area contributed by atoms with Gasteiger partial charge in [0.05, 0.1) is 10.0 Å². The predicted octanol–water partition coefficient (Wildman–Crippen LogP) is 3.88. The summed E-state index contributed by atoms with van der Waals surface area (Å²) in [5.74, 6) is -0.288. The van der Waals surface area contributed by atoms with E-state index in [2.05, 4.69) is 5.32 Å². The fraction of sp³-hybridized carbons (Fsp3) is 0. The van der Waals surface area contributed by atoms with Gasteiger partial charge in [0.25, 0.3) is 5.91 Å². The second-order valence-electron chi connectivity index (χ2n) is 4.03. The second kappa shape index (κ2) is 6.22. The van der Waals surface area contributed by atoms with E-state index >= 15 is 0 Å². The maximum absolute atomic E-state index is 12.1. The zero-order valence-electron chi connectivity index (χ0n) is 10.2. The number of nitrogens with two attached hydrogens (primary N) is 1. The number of benzene rings is 2. The van der Waals surface area contributed by atoms with Gasteiger partial charge in [0.2, 0.25) is 0 Å². The summed E-state index contributed by atoms with van der Waals surface area (Å²) in [4.78, 5) is 12.4. The molecule has 3 nitrogen and oxygen atoms in total. The third-order valence-corrected chi connectivity index (χ3v) is 3.56. The molecule has 0 atom stereocenters. The lowest BCUT2D eigenvalue weighted by Gasteiger charge is -2.07. The highest BCUT2D eigenvalue weighted by atomic mass is 35.5. The maximum atomic E-state index is 12.1. The van der Waals surface area contributed by atoms with Gasteiger partial charge in [-0.1, -0.05) is 47.6 Å². The largest absolute Gasteiger partial charge is 0.389 e. The molecule has 0 heterocycles. The molecule has 102 valence electrons. The molecule has 6 heteroatoms. The number of halogens is 2. The molecule has 2 aromatic rings. The minimum absolute atomic E-state index is 0.274. The van der Waals surface area contributed by atoms with E-state index in [1.165, 1.54) is 6.07 Å². The summed E-state index contributed by atoms with van der Waals surface area (Å²) in [5.41, 5.74) is 7.25. The van der Waals surface area contributed by atoms with E-state index in [4.69, 9.17) is 41.2 Å². The number of thiocarbonyl (C=S) groups is 1. The zero-order valence-corrected chi connectivity index (χ0v) is 12.5. The third kappa shape index (κ3) is 3.48. The van der Waals surface area contributed by atoms with E-state index in [0.29, 0.717) is 26.9 Å². The van der Waals surface area contributed by atoms with Crippen LogP contribution in [0.25, 0.3) is 0 Å². The topological polar surface area (TPSA) is 55.1 Å². The van der Waals surface area contributed by atoms with Crippen molar-refractivity contribution in [3.05, 3.63) is 63.6 Å². The minimum atomic E-state index is -0.288. The van der Waals surface area contributed by atoms with Gasteiger partial charge in [-0.3, -0.25) is 4.79 Å². The van der Waals surface area contributed by atoms with Crippen LogP contribution in [0.3, 0.4) is 0 Å². The minimum Gasteiger partial charge on any atom is -0.389 e. The second-order valence-corrected chi connectivity index (χ2v) is 5.28. The molecule has 0 bridgehead atoms. The Morgan fingerprint density at radius 3 is 2.45 bits per heavy atom. The van der Waals surface area contributed by atoms with Gasteiger partial charge in [-0.2, -0.15) is 0 Å². The summed E-state index contributed by atoms with van der Waals surface area (Å²) in [5, 5.41) is 3.48. The van der Waals surface area contributed by atoms with Crippen molar-refractivity contribution in [1.29, 1.82) is 0 Å². The summed E-state index contributed by atoms with van der Waals surface area (Å²) in [6, 6.07) is 11.7. The molecule has 0 saturated heterocycles. The first-order valence-corrected chi connectivity index (χ1v) is 6.80. The Morgan fingerprint density at radius 1 is 1.05 bits per heavy atom. The molecule has 0 aliphatic rings. The molecule has 0 unspecified atom stereocenters. The van der Waals surface area contributed by atoms with Gasteiger partial charge < -0.3 is 11.1 Å². The number of amides is 1. The van der Waals surface area contributed by atoms with Crippen LogP contribution in [0.15, 0.2) is 42.5 Å². The normalized spacial score (nSPS) is 10.1. The van der Waals surface area contributed by atoms with Gasteiger partial charge in [-0.15, -0.1) is 0 Å². The monoisotopic (exact) mass is 324 g/mol. The van der Waals surface area contributed by atoms with E-state index in [1.807, 2.05) is 0 Å². The maximum Gasteiger partial charge on any atom is 0.255 e. The first-order valence-electron chi connectivity index (χ1n) is 5.63. The van der Waals surface area contributed by atoms with Crippen LogP contribution in [0.1, 0.15) is 15.9 Å². The molecule has 0 aromatic heterocycles. The fourth-order valence-electron chi connectivity index (χ4n) is 1.59. The van der Waals surface area contributed by atoms with E-state index in [-0.39, 0.29) is 10.9 Å². The average Bonchev–Trinajstić information content (AvgIpc) is 2.42. The Balaban J connectivity index is 2.21. The van der Waals surface area contributed by atoms with Crippen molar-refractivity contribution >= 4 is 52.0 Å². The molecule has 2 rings (SSSR count). The summed E-state index contributed by atoms with van der Waals surface area (Å²) < 4.78 is 0. The number of hydrogen-bond donors (Lipinski definition) is 2. The van der Waals surface area contributed by atoms with Crippen molar-refractivity contribution in [1.82, 2.24) is 0 Å². The van der Waals surface area contributed by atoms with Gasteiger partial charge >= 0.3 is 0 Å². The van der Waals surface area contributed by atoms with Crippen molar-refractivity contribution in [2.24, 2.45) is 5.73 Å². The number of hydrogen-bond acceptors (Lipinski definition) is 2. The summed E-state index contributed by atoms with van der Waals surface area (Å²) in [7, 11) is 0. The highest BCUT2D eigenvalue weighted by Gasteiger charge is 2.09. The number of carbonyl (C=O) groups excluding carboxylic acids is 1. The lowest BCUT2D eigenvalue weighted by molar-refractivity contribution is 0.102. The first-order chi connectivity index (χ1) is 9.47. The molecule has 0 saturated carbocycles. The van der Waals surface area contributed by atoms with Crippen molar-refractivity contribution in [3.63, 3.8) is 0 Å². The molecule has 0 fully saturated rings. The van der Waals surface area contributed by atoms with Crippen molar-refractivity contribution in [2.45, 2.75) is 0 Å². The van der Waals surface area contributed by atoms with Gasteiger partial charge in [0.15, 0.2) is 0 Å². The Hall–Kier alpha value is -1.62. The third-order valence-electron chi connectivity index (χ3n) is 2.59. The molecule has 0 aliphatic heterocycles. The molecule has 0 aliphatic carbocycles. The average molecular weight is 325 g/mol. The predicted molar refractivity (Wildman–Crippen MR) is 86.7 cm³/mol. The summed E-state index contributed by atoms with van der Waals surface area (Å²) >= 11 is 16.6. The van der Waals surface area contributed by atoms with Crippen LogP contribution in [-0.2, 0) is 0 Å². The molecule has 3 N–H and O–H groups in total. The summed E-state index contributed by atoms with van der Waals surface area (Å²) in [6.07, 6.45) is 0. The summed E-state index contributed by atoms with van der Waals surface area (Å²) in [6.45, 7) is 0. The van der Waals surface area contributed by atoms with Crippen LogP contribution in [0.2, 0.25) is 10.0 Å². The fourth-order valence-corrected chi connectivity index (χ4v) is 2.02. The van der Waals surface area contributed by atoms with Crippen LogP contribution in [0.4, 0.5) is 5.69 Å². The molecule has 20 heavy (non-hydrogen) atoms. The molecule has 1 amide bonds. The molecular weight excluding hydrogens is 315 g/mol. The standard InChI is InChI=1S/C14H10Cl2N2OS/c15-11-5-4-9(7-12(11)16)14(19)18-10-3-1-2-8(6-10)13(17)20/h1-7H,(H2,17,20)(H,18,19). The van der Waals surface area contributed by atoms with Crippen LogP contribution < -0.4 is 11.1 Å². The molecule has 2 aromatic carbocycles. The highest BCUT2D eigenvalue weighted by molar-refractivity contribution is 7.80. The van der Waals surface area contributed by atoms with Crippen LogP contribution >= 0.6 is 35.4 Å². The highest BCUT2D eigenvalue weighted by Crippen LogP contribution is 2.23. The molecule has 0 radical (unpaired) electrons. The van der Waals surface area contributed by atoms with Crippen LogP contribution in [0, 0.1) is 0 Å². The van der Waals surface area contributed by atoms with Crippen LogP contribution in [-0.4, -0.2) is 10.9 Å². The molecular formula is C14H10Cl2N2OS. The zero-order chi connectivity index (χ0) is 14.7. The quantitative estimate of drug-likeness (QED) is 0.842. The smallest absolute Gasteiger partial charge is 0.255 e. The van der Waals surface area contributed by atoms with E-state index in [9.17, 15) is 4.79 Å². The van der Waals surface area contributed by atoms with Gasteiger partial charge in [0.1, 0.15) is 4.99 Å². The Morgan fingerprint density at radius 2 is 1.80 bits per heavy atom. The lowest BCUT2D eigenvalue weighted by Crippen LogP contribution is -2.13. The van der Waals surface area contributed by atoms with Crippen molar-refractivity contribution < 1.29 is 4.79 Å². The SMILES string of the molecule is NC(=S)c1cccc(NC(=O)c2ccc(Cl)c(Cl)c2)c1. The molecule has 0 spiro atoms.